The molecule has 5 heteroatoms. The van der Waals surface area contributed by atoms with E-state index >= 15 is 0 Å². The van der Waals surface area contributed by atoms with Crippen LogP contribution < -0.4 is 11.1 Å². The molecule has 0 aliphatic heterocycles. The van der Waals surface area contributed by atoms with Gasteiger partial charge >= 0.3 is 0 Å². The normalized spacial score (nSPS) is 10.0. The van der Waals surface area contributed by atoms with Crippen LogP contribution >= 0.6 is 0 Å². The number of nitrogen functional groups attached to an aromatic ring is 1. The van der Waals surface area contributed by atoms with Gasteiger partial charge in [-0.2, -0.15) is 5.10 Å². The summed E-state index contributed by atoms with van der Waals surface area (Å²) in [4.78, 5) is 4.11. The summed E-state index contributed by atoms with van der Waals surface area (Å²) < 4.78 is 0. The summed E-state index contributed by atoms with van der Waals surface area (Å²) in [5.41, 5.74) is 6.62. The molecule has 0 amide bonds. The van der Waals surface area contributed by atoms with E-state index in [4.69, 9.17) is 5.73 Å². The van der Waals surface area contributed by atoms with E-state index in [-0.39, 0.29) is 0 Å². The van der Waals surface area contributed by atoms with Crippen molar-refractivity contribution >= 4 is 11.6 Å². The van der Waals surface area contributed by atoms with Crippen molar-refractivity contribution in [1.29, 1.82) is 0 Å². The van der Waals surface area contributed by atoms with Crippen LogP contribution in [-0.2, 0) is 6.54 Å². The van der Waals surface area contributed by atoms with Gasteiger partial charge in [0.05, 0.1) is 6.20 Å². The summed E-state index contributed by atoms with van der Waals surface area (Å²) >= 11 is 0. The Hall–Kier alpha value is -2.04. The van der Waals surface area contributed by atoms with Crippen molar-refractivity contribution in [3.8, 4) is 0 Å². The minimum atomic E-state index is 0.516. The summed E-state index contributed by atoms with van der Waals surface area (Å²) in [6.07, 6.45) is 3.60. The zero-order valence-electron chi connectivity index (χ0n) is 7.57. The molecule has 0 aliphatic rings. The second-order valence-corrected chi connectivity index (χ2v) is 2.91. The highest BCUT2D eigenvalue weighted by atomic mass is 15.1. The standard InChI is InChI=1S/C9H11N5/c10-8-2-1-3-9(14-8)11-4-7-5-12-13-6-7/h1-3,5-6H,4H2,(H,12,13)(H3,10,11,14). The van der Waals surface area contributed by atoms with Crippen LogP contribution in [0.3, 0.4) is 0 Å². The molecule has 0 atom stereocenters. The third-order valence-electron chi connectivity index (χ3n) is 1.80. The van der Waals surface area contributed by atoms with Gasteiger partial charge in [0.25, 0.3) is 0 Å². The first-order valence-corrected chi connectivity index (χ1v) is 4.28. The largest absolute Gasteiger partial charge is 0.384 e. The maximum atomic E-state index is 5.54. The number of nitrogens with one attached hydrogen (secondary N) is 2. The Labute approximate surface area is 81.4 Å². The molecule has 0 spiro atoms. The number of hydrogen-bond donors (Lipinski definition) is 3. The van der Waals surface area contributed by atoms with E-state index in [1.165, 1.54) is 0 Å². The Bertz CT molecular complexity index is 395. The molecule has 0 fully saturated rings. The minimum Gasteiger partial charge on any atom is -0.384 e. The average molecular weight is 189 g/mol. The zero-order chi connectivity index (χ0) is 9.80. The Morgan fingerprint density at radius 2 is 2.36 bits per heavy atom. The quantitative estimate of drug-likeness (QED) is 0.673. The van der Waals surface area contributed by atoms with Crippen LogP contribution in [0.4, 0.5) is 11.6 Å². The van der Waals surface area contributed by atoms with Crippen LogP contribution in [0.15, 0.2) is 30.6 Å². The van der Waals surface area contributed by atoms with E-state index in [0.29, 0.717) is 12.4 Å². The fourth-order valence-corrected chi connectivity index (χ4v) is 1.12. The molecule has 14 heavy (non-hydrogen) atoms. The lowest BCUT2D eigenvalue weighted by molar-refractivity contribution is 1.09. The molecule has 0 unspecified atom stereocenters. The number of hydrogen-bond acceptors (Lipinski definition) is 4. The molecule has 2 aromatic heterocycles. The van der Waals surface area contributed by atoms with Gasteiger partial charge in [0.15, 0.2) is 0 Å². The van der Waals surface area contributed by atoms with Gasteiger partial charge in [0.2, 0.25) is 0 Å². The van der Waals surface area contributed by atoms with E-state index in [1.54, 1.807) is 12.3 Å². The lowest BCUT2D eigenvalue weighted by Crippen LogP contribution is -2.01. The monoisotopic (exact) mass is 189 g/mol. The number of aromatic nitrogens is 3. The topological polar surface area (TPSA) is 79.6 Å². The van der Waals surface area contributed by atoms with Gasteiger partial charge in [0, 0.05) is 18.3 Å². The Balaban J connectivity index is 1.98. The molecule has 5 nitrogen and oxygen atoms in total. The summed E-state index contributed by atoms with van der Waals surface area (Å²) in [7, 11) is 0. The molecule has 0 radical (unpaired) electrons. The molecular formula is C9H11N5. The van der Waals surface area contributed by atoms with Crippen molar-refractivity contribution in [1.82, 2.24) is 15.2 Å². The SMILES string of the molecule is Nc1cccc(NCc2cn[nH]c2)n1. The number of H-pyrrole nitrogens is 1. The van der Waals surface area contributed by atoms with Crippen LogP contribution in [0.1, 0.15) is 5.56 Å². The van der Waals surface area contributed by atoms with Crippen LogP contribution in [0.2, 0.25) is 0 Å². The van der Waals surface area contributed by atoms with Crippen LogP contribution in [0, 0.1) is 0 Å². The van der Waals surface area contributed by atoms with Gasteiger partial charge in [-0.05, 0) is 12.1 Å². The van der Waals surface area contributed by atoms with Crippen LogP contribution in [0.25, 0.3) is 0 Å². The predicted molar refractivity (Wildman–Crippen MR) is 54.6 cm³/mol. The highest BCUT2D eigenvalue weighted by Crippen LogP contribution is 2.07. The van der Waals surface area contributed by atoms with Gasteiger partial charge in [-0.25, -0.2) is 4.98 Å². The number of aromatic amines is 1. The van der Waals surface area contributed by atoms with E-state index < -0.39 is 0 Å². The summed E-state index contributed by atoms with van der Waals surface area (Å²) in [5, 5.41) is 9.72. The first-order chi connectivity index (χ1) is 6.84. The molecule has 4 N–H and O–H groups in total. The first kappa shape index (κ1) is 8.55. The molecule has 0 saturated heterocycles. The first-order valence-electron chi connectivity index (χ1n) is 4.28. The molecule has 2 aromatic rings. The van der Waals surface area contributed by atoms with Crippen molar-refractivity contribution in [3.63, 3.8) is 0 Å². The third-order valence-corrected chi connectivity index (χ3v) is 1.80. The Morgan fingerprint density at radius 3 is 3.07 bits per heavy atom. The zero-order valence-corrected chi connectivity index (χ0v) is 7.57. The number of pyridine rings is 1. The average Bonchev–Trinajstić information content (AvgIpc) is 2.67. The van der Waals surface area contributed by atoms with Gasteiger partial charge in [0.1, 0.15) is 11.6 Å². The van der Waals surface area contributed by atoms with E-state index in [0.717, 1.165) is 11.4 Å². The smallest absolute Gasteiger partial charge is 0.128 e. The van der Waals surface area contributed by atoms with Crippen LogP contribution in [0.5, 0.6) is 0 Å². The Morgan fingerprint density at radius 1 is 1.43 bits per heavy atom. The number of nitrogens with zero attached hydrogens (tertiary/aromatic N) is 2. The van der Waals surface area contributed by atoms with Crippen molar-refractivity contribution < 1.29 is 0 Å². The molecule has 0 bridgehead atoms. The van der Waals surface area contributed by atoms with Gasteiger partial charge in [-0.3, -0.25) is 5.10 Å². The minimum absolute atomic E-state index is 0.516. The van der Waals surface area contributed by atoms with E-state index in [1.807, 2.05) is 18.3 Å². The molecule has 0 aromatic carbocycles. The lowest BCUT2D eigenvalue weighted by Gasteiger charge is -2.03. The maximum absolute atomic E-state index is 5.54. The third kappa shape index (κ3) is 2.01. The number of nitrogens with two attached hydrogens (primary N) is 1. The number of rotatable bonds is 3. The second kappa shape index (κ2) is 3.78. The highest BCUT2D eigenvalue weighted by molar-refractivity contribution is 5.42. The van der Waals surface area contributed by atoms with Gasteiger partial charge in [-0.1, -0.05) is 6.07 Å². The van der Waals surface area contributed by atoms with Gasteiger partial charge in [-0.15, -0.1) is 0 Å². The molecule has 0 saturated carbocycles. The van der Waals surface area contributed by atoms with Crippen LogP contribution in [-0.4, -0.2) is 15.2 Å². The highest BCUT2D eigenvalue weighted by Gasteiger charge is 1.95. The van der Waals surface area contributed by atoms with E-state index in [2.05, 4.69) is 20.5 Å². The predicted octanol–water partition coefficient (Wildman–Crippen LogP) is 0.999. The fourth-order valence-electron chi connectivity index (χ4n) is 1.12. The molecule has 72 valence electrons. The van der Waals surface area contributed by atoms with E-state index in [9.17, 15) is 0 Å². The molecule has 2 rings (SSSR count). The molecular weight excluding hydrogens is 178 g/mol. The van der Waals surface area contributed by atoms with Crippen molar-refractivity contribution in [2.45, 2.75) is 6.54 Å². The molecule has 0 aliphatic carbocycles. The number of anilines is 2. The summed E-state index contributed by atoms with van der Waals surface area (Å²) in [5.74, 6) is 1.29. The molecule has 2 heterocycles. The van der Waals surface area contributed by atoms with Crippen molar-refractivity contribution in [3.05, 3.63) is 36.2 Å². The summed E-state index contributed by atoms with van der Waals surface area (Å²) in [6.45, 7) is 0.687. The Kier molecular flexibility index (Phi) is 2.31. The fraction of sp³-hybridized carbons (Fsp3) is 0.111. The lowest BCUT2D eigenvalue weighted by atomic mass is 10.3. The maximum Gasteiger partial charge on any atom is 0.128 e. The van der Waals surface area contributed by atoms with Crippen molar-refractivity contribution in [2.24, 2.45) is 0 Å². The van der Waals surface area contributed by atoms with Gasteiger partial charge < -0.3 is 11.1 Å². The second-order valence-electron chi connectivity index (χ2n) is 2.91. The summed E-state index contributed by atoms with van der Waals surface area (Å²) in [6, 6.07) is 5.49. The van der Waals surface area contributed by atoms with Crippen molar-refractivity contribution in [2.75, 3.05) is 11.1 Å².